The lowest BCUT2D eigenvalue weighted by Crippen LogP contribution is -2.49. The molecular formula is C32H36FN5O7. The molecule has 0 saturated heterocycles. The quantitative estimate of drug-likeness (QED) is 0.112. The third kappa shape index (κ3) is 12.1. The first kappa shape index (κ1) is 34.2. The molecule has 0 aliphatic rings. The van der Waals surface area contributed by atoms with Crippen LogP contribution in [0.1, 0.15) is 41.3 Å². The Morgan fingerprint density at radius 2 is 1.51 bits per heavy atom. The molecule has 5 N–H and O–H groups in total. The molecule has 0 aliphatic carbocycles. The normalized spacial score (nSPS) is 11.9. The molecule has 2 atom stereocenters. The minimum absolute atomic E-state index is 0.0404. The van der Waals surface area contributed by atoms with Crippen LogP contribution in [-0.2, 0) is 32.0 Å². The van der Waals surface area contributed by atoms with Gasteiger partial charge in [-0.25, -0.2) is 9.78 Å². The van der Waals surface area contributed by atoms with Crippen LogP contribution in [-0.4, -0.2) is 71.5 Å². The van der Waals surface area contributed by atoms with Crippen LogP contribution in [0.15, 0.2) is 72.9 Å². The second-order valence-electron chi connectivity index (χ2n) is 10.1. The van der Waals surface area contributed by atoms with Crippen molar-refractivity contribution in [2.75, 3.05) is 19.7 Å². The standard InChI is InChI=1S/C32H36FN5O7/c1-2-3-15-34-31(42)25(16-21-7-5-4-6-8-21)37-29(40)20-45-24-12-9-22(10-13-24)17-26(32(43)44)38-28(39)19-36-30(41)23-11-14-27(33)35-18-23/h4-14,18,25-26H,2-3,15-17,19-20H2,1H3,(H,34,42)(H,36,41)(H,37,40)(H,38,39)(H,43,44)/t25-,26-/m0/s1. The second-order valence-corrected chi connectivity index (χ2v) is 10.1. The molecule has 1 aromatic heterocycles. The Bertz CT molecular complexity index is 1440. The number of pyridine rings is 1. The predicted octanol–water partition coefficient (Wildman–Crippen LogP) is 1.79. The zero-order chi connectivity index (χ0) is 32.6. The fourth-order valence-electron chi connectivity index (χ4n) is 4.13. The number of hydrogen-bond donors (Lipinski definition) is 5. The highest BCUT2D eigenvalue weighted by atomic mass is 19.1. The molecule has 0 aliphatic heterocycles. The van der Waals surface area contributed by atoms with Gasteiger partial charge in [-0.05, 0) is 41.8 Å². The van der Waals surface area contributed by atoms with Crippen LogP contribution in [0, 0.1) is 5.95 Å². The van der Waals surface area contributed by atoms with Crippen LogP contribution in [0.5, 0.6) is 5.75 Å². The average Bonchev–Trinajstić information content (AvgIpc) is 3.03. The molecule has 3 rings (SSSR count). The molecule has 3 aromatic rings. The Morgan fingerprint density at radius 1 is 0.844 bits per heavy atom. The molecular weight excluding hydrogens is 585 g/mol. The lowest BCUT2D eigenvalue weighted by atomic mass is 10.1. The number of nitrogens with one attached hydrogen (secondary N) is 4. The largest absolute Gasteiger partial charge is 0.484 e. The van der Waals surface area contributed by atoms with E-state index in [1.165, 1.54) is 6.07 Å². The van der Waals surface area contributed by atoms with Crippen molar-refractivity contribution in [2.24, 2.45) is 0 Å². The van der Waals surface area contributed by atoms with E-state index < -0.39 is 48.3 Å². The average molecular weight is 622 g/mol. The molecule has 2 aromatic carbocycles. The van der Waals surface area contributed by atoms with E-state index in [4.69, 9.17) is 4.74 Å². The van der Waals surface area contributed by atoms with Gasteiger partial charge >= 0.3 is 5.97 Å². The first-order chi connectivity index (χ1) is 21.6. The van der Waals surface area contributed by atoms with E-state index in [0.717, 1.165) is 30.7 Å². The first-order valence-corrected chi connectivity index (χ1v) is 14.4. The molecule has 0 unspecified atom stereocenters. The van der Waals surface area contributed by atoms with Crippen LogP contribution in [0.2, 0.25) is 0 Å². The number of rotatable bonds is 17. The summed E-state index contributed by atoms with van der Waals surface area (Å²) in [5, 5.41) is 19.8. The lowest BCUT2D eigenvalue weighted by molar-refractivity contribution is -0.141. The van der Waals surface area contributed by atoms with Crippen LogP contribution < -0.4 is 26.0 Å². The van der Waals surface area contributed by atoms with Gasteiger partial charge in [0, 0.05) is 25.6 Å². The van der Waals surface area contributed by atoms with Crippen molar-refractivity contribution in [2.45, 2.75) is 44.7 Å². The van der Waals surface area contributed by atoms with Crippen molar-refractivity contribution < 1.29 is 38.2 Å². The van der Waals surface area contributed by atoms with Crippen LogP contribution in [0.25, 0.3) is 0 Å². The summed E-state index contributed by atoms with van der Waals surface area (Å²) in [6, 6.07) is 15.8. The van der Waals surface area contributed by atoms with E-state index in [-0.39, 0.29) is 24.5 Å². The van der Waals surface area contributed by atoms with Gasteiger partial charge in [0.15, 0.2) is 6.61 Å². The monoisotopic (exact) mass is 621 g/mol. The van der Waals surface area contributed by atoms with Gasteiger partial charge in [0.2, 0.25) is 17.8 Å². The van der Waals surface area contributed by atoms with Gasteiger partial charge in [-0.2, -0.15) is 4.39 Å². The summed E-state index contributed by atoms with van der Waals surface area (Å²) in [6.07, 6.45) is 3.02. The predicted molar refractivity (Wildman–Crippen MR) is 162 cm³/mol. The Labute approximate surface area is 259 Å². The summed E-state index contributed by atoms with van der Waals surface area (Å²) in [4.78, 5) is 64.9. The van der Waals surface area contributed by atoms with Crippen LogP contribution in [0.4, 0.5) is 4.39 Å². The third-order valence-corrected chi connectivity index (χ3v) is 6.53. The summed E-state index contributed by atoms with van der Waals surface area (Å²) >= 11 is 0. The van der Waals surface area contributed by atoms with Crippen molar-refractivity contribution in [1.82, 2.24) is 26.3 Å². The van der Waals surface area contributed by atoms with Gasteiger partial charge in [-0.1, -0.05) is 55.8 Å². The highest BCUT2D eigenvalue weighted by Gasteiger charge is 2.22. The Balaban J connectivity index is 1.49. The maximum atomic E-state index is 12.9. The molecule has 0 saturated carbocycles. The maximum absolute atomic E-state index is 12.9. The number of aliphatic carboxylic acids is 1. The Kier molecular flexibility index (Phi) is 13.4. The number of benzene rings is 2. The van der Waals surface area contributed by atoms with Gasteiger partial charge in [0.25, 0.3) is 11.8 Å². The Hall–Kier alpha value is -5.33. The maximum Gasteiger partial charge on any atom is 0.326 e. The fraction of sp³-hybridized carbons (Fsp3) is 0.312. The van der Waals surface area contributed by atoms with Gasteiger partial charge in [0.05, 0.1) is 12.1 Å². The van der Waals surface area contributed by atoms with E-state index >= 15 is 0 Å². The number of amides is 4. The van der Waals surface area contributed by atoms with E-state index in [9.17, 15) is 33.5 Å². The van der Waals surface area contributed by atoms with E-state index in [1.807, 2.05) is 37.3 Å². The smallest absolute Gasteiger partial charge is 0.326 e. The molecule has 0 radical (unpaired) electrons. The van der Waals surface area contributed by atoms with Crippen molar-refractivity contribution in [1.29, 1.82) is 0 Å². The minimum atomic E-state index is -1.29. The summed E-state index contributed by atoms with van der Waals surface area (Å²) < 4.78 is 18.5. The van der Waals surface area contributed by atoms with Gasteiger partial charge in [-0.15, -0.1) is 0 Å². The number of carboxylic acids is 1. The zero-order valence-electron chi connectivity index (χ0n) is 24.8. The van der Waals surface area contributed by atoms with Crippen LogP contribution >= 0.6 is 0 Å². The number of ether oxygens (including phenoxy) is 1. The molecule has 1 heterocycles. The van der Waals surface area contributed by atoms with Crippen molar-refractivity contribution in [3.8, 4) is 5.75 Å². The third-order valence-electron chi connectivity index (χ3n) is 6.53. The first-order valence-electron chi connectivity index (χ1n) is 14.4. The number of nitrogens with zero attached hydrogens (tertiary/aromatic N) is 1. The van der Waals surface area contributed by atoms with Gasteiger partial charge in [-0.3, -0.25) is 19.2 Å². The number of halogens is 1. The topological polar surface area (TPSA) is 176 Å². The molecule has 0 bridgehead atoms. The molecule has 4 amide bonds. The number of carbonyl (C=O) groups excluding carboxylic acids is 4. The number of aromatic nitrogens is 1. The van der Waals surface area contributed by atoms with Gasteiger partial charge < -0.3 is 31.1 Å². The number of carbonyl (C=O) groups is 5. The molecule has 45 heavy (non-hydrogen) atoms. The number of carboxylic acid groups (broad SMARTS) is 1. The van der Waals surface area contributed by atoms with Crippen molar-refractivity contribution >= 4 is 29.6 Å². The van der Waals surface area contributed by atoms with E-state index in [0.29, 0.717) is 24.3 Å². The highest BCUT2D eigenvalue weighted by Crippen LogP contribution is 2.14. The SMILES string of the molecule is CCCCNC(=O)[C@H](Cc1ccccc1)NC(=O)COc1ccc(C[C@H](NC(=O)CNC(=O)c2ccc(F)nc2)C(=O)O)cc1. The summed E-state index contributed by atoms with van der Waals surface area (Å²) in [5.74, 6) is -3.87. The van der Waals surface area contributed by atoms with Gasteiger partial charge in [0.1, 0.15) is 17.8 Å². The van der Waals surface area contributed by atoms with E-state index in [1.54, 1.807) is 24.3 Å². The fourth-order valence-corrected chi connectivity index (χ4v) is 4.13. The molecule has 0 spiro atoms. The highest BCUT2D eigenvalue weighted by molar-refractivity contribution is 5.96. The summed E-state index contributed by atoms with van der Waals surface area (Å²) in [5.41, 5.74) is 1.50. The lowest BCUT2D eigenvalue weighted by Gasteiger charge is -2.19. The summed E-state index contributed by atoms with van der Waals surface area (Å²) in [7, 11) is 0. The molecule has 238 valence electrons. The van der Waals surface area contributed by atoms with Crippen molar-refractivity contribution in [3.63, 3.8) is 0 Å². The van der Waals surface area contributed by atoms with Crippen molar-refractivity contribution in [3.05, 3.63) is 95.6 Å². The molecule has 13 heteroatoms. The summed E-state index contributed by atoms with van der Waals surface area (Å²) in [6.45, 7) is 1.68. The number of hydrogen-bond acceptors (Lipinski definition) is 7. The Morgan fingerprint density at radius 3 is 2.16 bits per heavy atom. The van der Waals surface area contributed by atoms with Crippen LogP contribution in [0.3, 0.4) is 0 Å². The van der Waals surface area contributed by atoms with E-state index in [2.05, 4.69) is 26.3 Å². The zero-order valence-corrected chi connectivity index (χ0v) is 24.8. The second kappa shape index (κ2) is 17.7. The molecule has 12 nitrogen and oxygen atoms in total. The minimum Gasteiger partial charge on any atom is -0.484 e. The molecule has 0 fully saturated rings. The number of unbranched alkanes of at least 4 members (excludes halogenated alkanes) is 1.